The predicted octanol–water partition coefficient (Wildman–Crippen LogP) is -1.33. The fourth-order valence-electron chi connectivity index (χ4n) is 1.06. The molecule has 0 aliphatic carbocycles. The Kier molecular flexibility index (Phi) is 3.75. The van der Waals surface area contributed by atoms with Gasteiger partial charge in [0.15, 0.2) is 0 Å². The highest BCUT2D eigenvalue weighted by atomic mass is 16.3. The van der Waals surface area contributed by atoms with Gasteiger partial charge in [0.05, 0.1) is 18.8 Å². The maximum Gasteiger partial charge on any atom is 0.289 e. The number of carbonyl (C=O) groups excluding carboxylic acids is 1. The number of aliphatic hydroxyl groups excluding tert-OH is 2. The first kappa shape index (κ1) is 11.6. The van der Waals surface area contributed by atoms with Crippen molar-refractivity contribution in [3.8, 4) is 0 Å². The van der Waals surface area contributed by atoms with Crippen LogP contribution in [0.4, 0.5) is 0 Å². The first-order valence-electron chi connectivity index (χ1n) is 4.57. The van der Waals surface area contributed by atoms with Gasteiger partial charge in [0.1, 0.15) is 6.33 Å². The molecule has 84 valence electrons. The molecule has 0 bridgehead atoms. The van der Waals surface area contributed by atoms with E-state index in [1.165, 1.54) is 6.33 Å². The van der Waals surface area contributed by atoms with E-state index in [9.17, 15) is 4.79 Å². The highest BCUT2D eigenvalue weighted by Gasteiger charge is 2.29. The van der Waals surface area contributed by atoms with E-state index in [4.69, 9.17) is 10.2 Å². The first-order chi connectivity index (χ1) is 7.17. The number of rotatable bonds is 5. The van der Waals surface area contributed by atoms with Crippen molar-refractivity contribution in [1.82, 2.24) is 20.5 Å². The Hall–Kier alpha value is -1.47. The maximum atomic E-state index is 11.5. The van der Waals surface area contributed by atoms with Crippen LogP contribution in [0.1, 0.15) is 24.0 Å². The second-order valence-electron chi connectivity index (χ2n) is 3.24. The quantitative estimate of drug-likeness (QED) is 0.485. The normalized spacial score (nSPS) is 11.4. The van der Waals surface area contributed by atoms with Crippen molar-refractivity contribution in [1.29, 1.82) is 0 Å². The second kappa shape index (κ2) is 4.85. The summed E-state index contributed by atoms with van der Waals surface area (Å²) in [7, 11) is 0. The molecule has 0 unspecified atom stereocenters. The van der Waals surface area contributed by atoms with Crippen molar-refractivity contribution < 1.29 is 15.0 Å². The van der Waals surface area contributed by atoms with Gasteiger partial charge in [-0.1, -0.05) is 6.92 Å². The fourth-order valence-corrected chi connectivity index (χ4v) is 1.06. The highest BCUT2D eigenvalue weighted by Crippen LogP contribution is 2.08. The molecule has 4 N–H and O–H groups in total. The summed E-state index contributed by atoms with van der Waals surface area (Å²) in [6.07, 6.45) is 1.63. The summed E-state index contributed by atoms with van der Waals surface area (Å²) in [5.74, 6) is -0.452. The van der Waals surface area contributed by atoms with E-state index >= 15 is 0 Å². The minimum absolute atomic E-state index is 0.0507. The Balaban J connectivity index is 2.71. The van der Waals surface area contributed by atoms with E-state index < -0.39 is 11.4 Å². The zero-order chi connectivity index (χ0) is 11.3. The second-order valence-corrected chi connectivity index (χ2v) is 3.24. The molecule has 7 nitrogen and oxygen atoms in total. The Morgan fingerprint density at radius 1 is 1.60 bits per heavy atom. The third kappa shape index (κ3) is 2.51. The minimum atomic E-state index is -1.01. The van der Waals surface area contributed by atoms with Crippen molar-refractivity contribution in [3.05, 3.63) is 12.2 Å². The molecular weight excluding hydrogens is 200 g/mol. The average Bonchev–Trinajstić information content (AvgIpc) is 2.79. The molecule has 1 aromatic heterocycles. The lowest BCUT2D eigenvalue weighted by molar-refractivity contribution is 0.0645. The minimum Gasteiger partial charge on any atom is -0.394 e. The summed E-state index contributed by atoms with van der Waals surface area (Å²) >= 11 is 0. The standard InChI is InChI=1S/C8H14N4O3/c1-2-8(3-13,4-14)11-7(15)6-9-5-10-12-6/h5,13-14H,2-4H2,1H3,(H,11,15)(H,9,10,12). The zero-order valence-corrected chi connectivity index (χ0v) is 8.40. The molecule has 0 radical (unpaired) electrons. The van der Waals surface area contributed by atoms with Gasteiger partial charge in [0.25, 0.3) is 5.91 Å². The van der Waals surface area contributed by atoms with Gasteiger partial charge >= 0.3 is 0 Å². The number of hydrogen-bond acceptors (Lipinski definition) is 5. The van der Waals surface area contributed by atoms with E-state index in [-0.39, 0.29) is 19.0 Å². The Morgan fingerprint density at radius 2 is 2.27 bits per heavy atom. The van der Waals surface area contributed by atoms with Crippen molar-refractivity contribution in [2.24, 2.45) is 0 Å². The van der Waals surface area contributed by atoms with Gasteiger partial charge in [0.2, 0.25) is 5.82 Å². The summed E-state index contributed by atoms with van der Waals surface area (Å²) in [4.78, 5) is 15.2. The van der Waals surface area contributed by atoms with Gasteiger partial charge in [-0.25, -0.2) is 4.98 Å². The predicted molar refractivity (Wildman–Crippen MR) is 51.0 cm³/mol. The first-order valence-corrected chi connectivity index (χ1v) is 4.57. The molecule has 1 amide bonds. The molecule has 1 rings (SSSR count). The van der Waals surface area contributed by atoms with Crippen molar-refractivity contribution in [2.75, 3.05) is 13.2 Å². The molecule has 1 heterocycles. The van der Waals surface area contributed by atoms with Crippen LogP contribution in [0.2, 0.25) is 0 Å². The largest absolute Gasteiger partial charge is 0.394 e. The number of nitrogens with zero attached hydrogens (tertiary/aromatic N) is 2. The molecule has 15 heavy (non-hydrogen) atoms. The number of hydrogen-bond donors (Lipinski definition) is 4. The molecule has 0 aromatic carbocycles. The lowest BCUT2D eigenvalue weighted by atomic mass is 9.98. The third-order valence-electron chi connectivity index (χ3n) is 2.29. The molecule has 0 atom stereocenters. The Morgan fingerprint density at radius 3 is 2.67 bits per heavy atom. The number of aromatic nitrogens is 3. The number of nitrogens with one attached hydrogen (secondary N) is 2. The van der Waals surface area contributed by atoms with Crippen LogP contribution in [-0.2, 0) is 0 Å². The van der Waals surface area contributed by atoms with E-state index in [2.05, 4.69) is 20.5 Å². The van der Waals surface area contributed by atoms with Crippen LogP contribution in [0, 0.1) is 0 Å². The molecular formula is C8H14N4O3. The number of amides is 1. The molecule has 0 saturated carbocycles. The van der Waals surface area contributed by atoms with Crippen LogP contribution < -0.4 is 5.32 Å². The van der Waals surface area contributed by atoms with Gasteiger partial charge in [0, 0.05) is 0 Å². The lowest BCUT2D eigenvalue weighted by Gasteiger charge is -2.29. The average molecular weight is 214 g/mol. The summed E-state index contributed by atoms with van der Waals surface area (Å²) in [5, 5.41) is 26.6. The van der Waals surface area contributed by atoms with Crippen LogP contribution in [0.3, 0.4) is 0 Å². The van der Waals surface area contributed by atoms with Crippen LogP contribution in [0.5, 0.6) is 0 Å². The molecule has 7 heteroatoms. The Bertz CT molecular complexity index is 299. The van der Waals surface area contributed by atoms with Gasteiger partial charge in [-0.15, -0.1) is 0 Å². The van der Waals surface area contributed by atoms with Gasteiger partial charge in [-0.05, 0) is 6.42 Å². The zero-order valence-electron chi connectivity index (χ0n) is 8.40. The molecule has 0 aliphatic heterocycles. The summed E-state index contributed by atoms with van der Waals surface area (Å²) in [6.45, 7) is 1.09. The monoisotopic (exact) mass is 214 g/mol. The van der Waals surface area contributed by atoms with Crippen LogP contribution >= 0.6 is 0 Å². The van der Waals surface area contributed by atoms with Crippen LogP contribution in [-0.4, -0.2) is 50.1 Å². The fraction of sp³-hybridized carbons (Fsp3) is 0.625. The SMILES string of the molecule is CCC(CO)(CO)NC(=O)c1ncn[nH]1. The summed E-state index contributed by atoms with van der Waals surface area (Å²) in [5.41, 5.74) is -1.01. The van der Waals surface area contributed by atoms with Crippen LogP contribution in [0.15, 0.2) is 6.33 Å². The van der Waals surface area contributed by atoms with E-state index in [1.54, 1.807) is 6.92 Å². The van der Waals surface area contributed by atoms with Gasteiger partial charge in [-0.3, -0.25) is 9.89 Å². The lowest BCUT2D eigenvalue weighted by Crippen LogP contribution is -2.54. The van der Waals surface area contributed by atoms with Gasteiger partial charge in [-0.2, -0.15) is 5.10 Å². The molecule has 1 aromatic rings. The molecule has 0 fully saturated rings. The summed E-state index contributed by atoms with van der Waals surface area (Å²) in [6, 6.07) is 0. The van der Waals surface area contributed by atoms with Gasteiger partial charge < -0.3 is 15.5 Å². The smallest absolute Gasteiger partial charge is 0.289 e. The Labute approximate surface area is 86.5 Å². The maximum absolute atomic E-state index is 11.5. The topological polar surface area (TPSA) is 111 Å². The van der Waals surface area contributed by atoms with Crippen molar-refractivity contribution >= 4 is 5.91 Å². The summed E-state index contributed by atoms with van der Waals surface area (Å²) < 4.78 is 0. The van der Waals surface area contributed by atoms with Crippen LogP contribution in [0.25, 0.3) is 0 Å². The molecule has 0 aliphatic rings. The van der Waals surface area contributed by atoms with E-state index in [1.807, 2.05) is 0 Å². The van der Waals surface area contributed by atoms with Crippen molar-refractivity contribution in [3.63, 3.8) is 0 Å². The number of aliphatic hydroxyl groups is 2. The van der Waals surface area contributed by atoms with E-state index in [0.29, 0.717) is 6.42 Å². The number of aromatic amines is 1. The van der Waals surface area contributed by atoms with E-state index in [0.717, 1.165) is 0 Å². The molecule has 0 saturated heterocycles. The number of H-pyrrole nitrogens is 1. The molecule has 0 spiro atoms. The number of carbonyl (C=O) groups is 1. The highest BCUT2D eigenvalue weighted by molar-refractivity contribution is 5.90. The van der Waals surface area contributed by atoms with Crippen molar-refractivity contribution in [2.45, 2.75) is 18.9 Å². The third-order valence-corrected chi connectivity index (χ3v) is 2.29.